The van der Waals surface area contributed by atoms with E-state index in [9.17, 15) is 19.6 Å². The topological polar surface area (TPSA) is 112 Å². The lowest BCUT2D eigenvalue weighted by atomic mass is 9.98. The zero-order valence-electron chi connectivity index (χ0n) is 13.7. The number of aromatic nitrogens is 1. The Hall–Kier alpha value is -2.70. The first-order valence-corrected chi connectivity index (χ1v) is 7.88. The van der Waals surface area contributed by atoms with E-state index in [0.29, 0.717) is 6.42 Å². The van der Waals surface area contributed by atoms with Gasteiger partial charge in [0.05, 0.1) is 0 Å². The van der Waals surface area contributed by atoms with E-state index in [1.807, 2.05) is 31.2 Å². The highest BCUT2D eigenvalue weighted by molar-refractivity contribution is 5.88. The largest absolute Gasteiger partial charge is 0.480 e. The molecule has 7 heteroatoms. The number of nitrogens with one attached hydrogen (secondary N) is 2. The van der Waals surface area contributed by atoms with Gasteiger partial charge >= 0.3 is 5.97 Å². The van der Waals surface area contributed by atoms with Gasteiger partial charge in [0.25, 0.3) is 0 Å². The summed E-state index contributed by atoms with van der Waals surface area (Å²) in [5, 5.41) is 15.6. The molecule has 7 nitrogen and oxygen atoms in total. The lowest BCUT2D eigenvalue weighted by Gasteiger charge is -2.19. The molecule has 2 aromatic rings. The van der Waals surface area contributed by atoms with Crippen LogP contribution >= 0.6 is 0 Å². The Labute approximate surface area is 139 Å². The Morgan fingerprint density at radius 2 is 2.04 bits per heavy atom. The van der Waals surface area contributed by atoms with Crippen molar-refractivity contribution in [1.82, 2.24) is 10.3 Å². The highest BCUT2D eigenvalue weighted by atomic mass is 16.4. The molecule has 1 aromatic carbocycles. The second-order valence-electron chi connectivity index (χ2n) is 5.90. The van der Waals surface area contributed by atoms with Gasteiger partial charge in [0.15, 0.2) is 6.04 Å². The van der Waals surface area contributed by atoms with Crippen LogP contribution < -0.4 is 5.32 Å². The second-order valence-corrected chi connectivity index (χ2v) is 5.90. The van der Waals surface area contributed by atoms with Gasteiger partial charge in [-0.05, 0) is 17.5 Å². The summed E-state index contributed by atoms with van der Waals surface area (Å²) in [7, 11) is 0. The fourth-order valence-electron chi connectivity index (χ4n) is 2.61. The lowest BCUT2D eigenvalue weighted by molar-refractivity contribution is -0.142. The van der Waals surface area contributed by atoms with Crippen molar-refractivity contribution in [2.24, 2.45) is 11.1 Å². The Morgan fingerprint density at radius 1 is 1.33 bits per heavy atom. The monoisotopic (exact) mass is 331 g/mol. The molecule has 0 radical (unpaired) electrons. The molecule has 0 spiro atoms. The van der Waals surface area contributed by atoms with Crippen LogP contribution in [0.1, 0.15) is 25.8 Å². The van der Waals surface area contributed by atoms with Crippen LogP contribution in [0.15, 0.2) is 35.6 Å². The number of carboxylic acid groups (broad SMARTS) is 1. The second kappa shape index (κ2) is 7.72. The van der Waals surface area contributed by atoms with Crippen molar-refractivity contribution in [1.29, 1.82) is 0 Å². The number of hydrogen-bond donors (Lipinski definition) is 3. The van der Waals surface area contributed by atoms with E-state index in [0.717, 1.165) is 16.5 Å². The van der Waals surface area contributed by atoms with Gasteiger partial charge in [-0.2, -0.15) is 0 Å². The summed E-state index contributed by atoms with van der Waals surface area (Å²) in [6, 6.07) is 5.32. The van der Waals surface area contributed by atoms with E-state index in [2.05, 4.69) is 15.5 Å². The number of carbonyl (C=O) groups excluding carboxylic acids is 1. The number of rotatable bonds is 8. The van der Waals surface area contributed by atoms with Gasteiger partial charge in [0.2, 0.25) is 5.91 Å². The maximum absolute atomic E-state index is 12.2. The number of hydrogen-bond acceptors (Lipinski definition) is 4. The number of nitroso groups, excluding NO2 is 1. The number of aliphatic carboxylic acids is 1. The van der Waals surface area contributed by atoms with Crippen LogP contribution in [0.25, 0.3) is 10.9 Å². The maximum Gasteiger partial charge on any atom is 0.326 e. The maximum atomic E-state index is 12.2. The lowest BCUT2D eigenvalue weighted by Crippen LogP contribution is -2.47. The van der Waals surface area contributed by atoms with E-state index < -0.39 is 24.0 Å². The van der Waals surface area contributed by atoms with Crippen LogP contribution in [0.3, 0.4) is 0 Å². The Morgan fingerprint density at radius 3 is 2.67 bits per heavy atom. The van der Waals surface area contributed by atoms with Crippen molar-refractivity contribution in [3.8, 4) is 0 Å². The van der Waals surface area contributed by atoms with E-state index in [1.165, 1.54) is 0 Å². The zero-order valence-corrected chi connectivity index (χ0v) is 13.7. The number of para-hydroxylation sites is 1. The quantitative estimate of drug-likeness (QED) is 0.645. The van der Waals surface area contributed by atoms with E-state index in [4.69, 9.17) is 0 Å². The Bertz CT molecular complexity index is 740. The number of aromatic amines is 1. The van der Waals surface area contributed by atoms with Crippen LogP contribution in [-0.4, -0.2) is 34.1 Å². The standard InChI is InChI=1S/C17H21N3O4/c1-3-10(2)15(20-24)16(21)19-14(17(22)23)8-11-9-18-13-7-5-4-6-12(11)13/h4-7,9-10,14-15,18H,3,8H2,1-2H3,(H,19,21)(H,22,23)/t10-,14-,15-/m0/s1. The fourth-order valence-corrected chi connectivity index (χ4v) is 2.61. The van der Waals surface area contributed by atoms with Gasteiger partial charge in [-0.3, -0.25) is 4.79 Å². The molecule has 2 rings (SSSR count). The minimum Gasteiger partial charge on any atom is -0.480 e. The zero-order chi connectivity index (χ0) is 17.7. The molecule has 3 atom stereocenters. The molecule has 0 bridgehead atoms. The first kappa shape index (κ1) is 17.7. The summed E-state index contributed by atoms with van der Waals surface area (Å²) in [5.41, 5.74) is 1.69. The summed E-state index contributed by atoms with van der Waals surface area (Å²) in [5.74, 6) is -2.04. The first-order valence-electron chi connectivity index (χ1n) is 7.88. The molecule has 3 N–H and O–H groups in total. The molecule has 0 aliphatic heterocycles. The van der Waals surface area contributed by atoms with Crippen molar-refractivity contribution < 1.29 is 14.7 Å². The average Bonchev–Trinajstić information content (AvgIpc) is 2.97. The molecule has 24 heavy (non-hydrogen) atoms. The molecule has 1 heterocycles. The van der Waals surface area contributed by atoms with Gasteiger partial charge in [-0.25, -0.2) is 4.79 Å². The van der Waals surface area contributed by atoms with E-state index in [1.54, 1.807) is 13.1 Å². The van der Waals surface area contributed by atoms with Crippen molar-refractivity contribution in [2.75, 3.05) is 0 Å². The van der Waals surface area contributed by atoms with Crippen LogP contribution in [0.4, 0.5) is 0 Å². The third-order valence-electron chi connectivity index (χ3n) is 4.28. The third-order valence-corrected chi connectivity index (χ3v) is 4.28. The first-order chi connectivity index (χ1) is 11.5. The minimum absolute atomic E-state index is 0.122. The fraction of sp³-hybridized carbons (Fsp3) is 0.412. The molecule has 0 aliphatic carbocycles. The summed E-state index contributed by atoms with van der Waals surface area (Å²) in [6.45, 7) is 3.58. The molecule has 0 saturated carbocycles. The van der Waals surface area contributed by atoms with Crippen LogP contribution in [0, 0.1) is 10.8 Å². The van der Waals surface area contributed by atoms with Crippen molar-refractivity contribution >= 4 is 22.8 Å². The predicted molar refractivity (Wildman–Crippen MR) is 90.6 cm³/mol. The third kappa shape index (κ3) is 3.79. The number of amides is 1. The van der Waals surface area contributed by atoms with Crippen molar-refractivity contribution in [2.45, 2.75) is 38.8 Å². The molecule has 0 unspecified atom stereocenters. The Balaban J connectivity index is 2.16. The van der Waals surface area contributed by atoms with E-state index in [-0.39, 0.29) is 12.3 Å². The van der Waals surface area contributed by atoms with Crippen LogP contribution in [-0.2, 0) is 16.0 Å². The number of nitrogens with zero attached hydrogens (tertiary/aromatic N) is 1. The molecule has 1 aromatic heterocycles. The number of fused-ring (bicyclic) bond motifs is 1. The van der Waals surface area contributed by atoms with Crippen LogP contribution in [0.2, 0.25) is 0 Å². The number of H-pyrrole nitrogens is 1. The smallest absolute Gasteiger partial charge is 0.326 e. The van der Waals surface area contributed by atoms with E-state index >= 15 is 0 Å². The average molecular weight is 331 g/mol. The van der Waals surface area contributed by atoms with Gasteiger partial charge in [-0.1, -0.05) is 43.6 Å². The minimum atomic E-state index is -1.15. The van der Waals surface area contributed by atoms with Gasteiger partial charge < -0.3 is 15.4 Å². The molecule has 128 valence electrons. The molecule has 0 saturated heterocycles. The summed E-state index contributed by atoms with van der Waals surface area (Å²) in [6.07, 6.45) is 2.46. The highest BCUT2D eigenvalue weighted by Crippen LogP contribution is 2.19. The normalized spacial score (nSPS) is 14.8. The molecule has 0 aliphatic rings. The Kier molecular flexibility index (Phi) is 5.68. The highest BCUT2D eigenvalue weighted by Gasteiger charge is 2.29. The summed E-state index contributed by atoms with van der Waals surface area (Å²) >= 11 is 0. The van der Waals surface area contributed by atoms with Crippen molar-refractivity contribution in [3.05, 3.63) is 40.9 Å². The van der Waals surface area contributed by atoms with Gasteiger partial charge in [-0.15, -0.1) is 4.91 Å². The van der Waals surface area contributed by atoms with Crippen LogP contribution in [0.5, 0.6) is 0 Å². The van der Waals surface area contributed by atoms with Gasteiger partial charge in [0, 0.05) is 23.5 Å². The number of benzene rings is 1. The predicted octanol–water partition coefficient (Wildman–Crippen LogP) is 2.46. The molecular formula is C17H21N3O4. The SMILES string of the molecule is CC[C@H](C)[C@H](N=O)C(=O)N[C@@H](Cc1c[nH]c2ccccc12)C(=O)O. The summed E-state index contributed by atoms with van der Waals surface area (Å²) < 4.78 is 0. The molecular weight excluding hydrogens is 310 g/mol. The molecule has 0 fully saturated rings. The number of carboxylic acids is 1. The molecule has 1 amide bonds. The summed E-state index contributed by atoms with van der Waals surface area (Å²) in [4.78, 5) is 37.7. The van der Waals surface area contributed by atoms with Crippen molar-refractivity contribution in [3.63, 3.8) is 0 Å². The number of carbonyl (C=O) groups is 2. The van der Waals surface area contributed by atoms with Gasteiger partial charge in [0.1, 0.15) is 6.04 Å².